The number of rotatable bonds is 12. The van der Waals surface area contributed by atoms with Crippen LogP contribution in [0.15, 0.2) is 84.9 Å². The second kappa shape index (κ2) is 13.4. The molecule has 0 aliphatic heterocycles. The average Bonchev–Trinajstić information content (AvgIpc) is 2.87. The van der Waals surface area contributed by atoms with Crippen LogP contribution in [0.2, 0.25) is 5.02 Å². The molecule has 0 heterocycles. The van der Waals surface area contributed by atoms with E-state index in [-0.39, 0.29) is 25.0 Å². The summed E-state index contributed by atoms with van der Waals surface area (Å²) in [6.07, 6.45) is 2.23. The van der Waals surface area contributed by atoms with Crippen molar-refractivity contribution < 1.29 is 14.3 Å². The number of ether oxygens (including phenoxy) is 1. The Morgan fingerprint density at radius 2 is 1.59 bits per heavy atom. The van der Waals surface area contributed by atoms with Crippen molar-refractivity contribution >= 4 is 23.4 Å². The van der Waals surface area contributed by atoms with E-state index < -0.39 is 6.04 Å². The second-order valence-electron chi connectivity index (χ2n) is 8.06. The number of unbranched alkanes of at least 4 members (excludes halogenated alkanes) is 1. The molecule has 34 heavy (non-hydrogen) atoms. The first-order chi connectivity index (χ1) is 16.6. The fourth-order valence-electron chi connectivity index (χ4n) is 3.61. The van der Waals surface area contributed by atoms with Gasteiger partial charge in [-0.1, -0.05) is 91.7 Å². The maximum Gasteiger partial charge on any atom is 0.261 e. The number of hydrogen-bond acceptors (Lipinski definition) is 3. The molecule has 0 radical (unpaired) electrons. The lowest BCUT2D eigenvalue weighted by molar-refractivity contribution is -0.142. The van der Waals surface area contributed by atoms with Crippen molar-refractivity contribution in [2.45, 2.75) is 38.8 Å². The van der Waals surface area contributed by atoms with E-state index in [0.29, 0.717) is 23.7 Å². The van der Waals surface area contributed by atoms with Crippen LogP contribution in [0.1, 0.15) is 30.9 Å². The maximum atomic E-state index is 13.5. The van der Waals surface area contributed by atoms with Crippen LogP contribution < -0.4 is 10.1 Å². The van der Waals surface area contributed by atoms with E-state index in [0.717, 1.165) is 24.0 Å². The van der Waals surface area contributed by atoms with E-state index in [1.807, 2.05) is 66.7 Å². The molecule has 178 valence electrons. The number of amides is 2. The van der Waals surface area contributed by atoms with Crippen LogP contribution in [-0.4, -0.2) is 35.9 Å². The fraction of sp³-hybridized carbons (Fsp3) is 0.286. The molecule has 3 aromatic carbocycles. The van der Waals surface area contributed by atoms with Gasteiger partial charge in [-0.3, -0.25) is 9.59 Å². The molecule has 5 nitrogen and oxygen atoms in total. The summed E-state index contributed by atoms with van der Waals surface area (Å²) in [5.74, 6) is 0.133. The molecule has 0 spiro atoms. The zero-order valence-corrected chi connectivity index (χ0v) is 20.2. The van der Waals surface area contributed by atoms with Crippen LogP contribution in [0.3, 0.4) is 0 Å². The number of nitrogens with zero attached hydrogens (tertiary/aromatic N) is 1. The number of benzene rings is 3. The van der Waals surface area contributed by atoms with E-state index in [1.54, 1.807) is 23.1 Å². The highest BCUT2D eigenvalue weighted by molar-refractivity contribution is 6.31. The summed E-state index contributed by atoms with van der Waals surface area (Å²) >= 11 is 6.42. The van der Waals surface area contributed by atoms with Crippen LogP contribution in [0.5, 0.6) is 5.75 Å². The molecule has 6 heteroatoms. The smallest absolute Gasteiger partial charge is 0.261 e. The Bertz CT molecular complexity index is 1040. The van der Waals surface area contributed by atoms with Crippen molar-refractivity contribution in [3.8, 4) is 5.75 Å². The maximum absolute atomic E-state index is 13.5. The van der Waals surface area contributed by atoms with Gasteiger partial charge < -0.3 is 15.0 Å². The number of carbonyl (C=O) groups is 2. The summed E-state index contributed by atoms with van der Waals surface area (Å²) in [5.41, 5.74) is 1.75. The first kappa shape index (κ1) is 25.3. The number of halogens is 1. The molecule has 0 saturated carbocycles. The summed E-state index contributed by atoms with van der Waals surface area (Å²) in [4.78, 5) is 28.4. The van der Waals surface area contributed by atoms with Crippen LogP contribution in [0.4, 0.5) is 0 Å². The minimum Gasteiger partial charge on any atom is -0.484 e. The van der Waals surface area contributed by atoms with Gasteiger partial charge in [0.1, 0.15) is 11.8 Å². The molecule has 0 saturated heterocycles. The Balaban J connectivity index is 1.89. The van der Waals surface area contributed by atoms with Crippen molar-refractivity contribution in [3.05, 3.63) is 101 Å². The Morgan fingerprint density at radius 1 is 0.941 bits per heavy atom. The number of carbonyl (C=O) groups excluding carboxylic acids is 2. The topological polar surface area (TPSA) is 58.6 Å². The van der Waals surface area contributed by atoms with Gasteiger partial charge in [0.05, 0.1) is 0 Å². The molecule has 1 N–H and O–H groups in total. The van der Waals surface area contributed by atoms with Crippen LogP contribution >= 0.6 is 11.6 Å². The minimum atomic E-state index is -0.706. The first-order valence-corrected chi connectivity index (χ1v) is 12.0. The highest BCUT2D eigenvalue weighted by Gasteiger charge is 2.31. The third kappa shape index (κ3) is 7.63. The van der Waals surface area contributed by atoms with Crippen molar-refractivity contribution in [2.24, 2.45) is 0 Å². The molecule has 1 unspecified atom stereocenters. The van der Waals surface area contributed by atoms with Gasteiger partial charge in [-0.2, -0.15) is 0 Å². The highest BCUT2D eigenvalue weighted by atomic mass is 35.5. The third-order valence-corrected chi connectivity index (χ3v) is 5.87. The molecule has 1 atom stereocenters. The standard InChI is InChI=1S/C28H31ClN2O3/c1-2-3-18-30-28(33)26(19-22-12-6-4-7-13-22)31(20-23-14-10-11-17-25(23)29)27(32)21-34-24-15-8-5-9-16-24/h4-17,26H,2-3,18-21H2,1H3,(H,30,33). The van der Waals surface area contributed by atoms with E-state index in [9.17, 15) is 9.59 Å². The molecule has 0 aromatic heterocycles. The molecule has 2 amide bonds. The lowest BCUT2D eigenvalue weighted by Gasteiger charge is -2.31. The summed E-state index contributed by atoms with van der Waals surface area (Å²) in [6, 6.07) is 25.6. The average molecular weight is 479 g/mol. The van der Waals surface area contributed by atoms with Gasteiger partial charge >= 0.3 is 0 Å². The largest absolute Gasteiger partial charge is 0.484 e. The number of hydrogen-bond donors (Lipinski definition) is 1. The quantitative estimate of drug-likeness (QED) is 0.360. The first-order valence-electron chi connectivity index (χ1n) is 11.6. The van der Waals surface area contributed by atoms with Gasteiger partial charge in [0.15, 0.2) is 6.61 Å². The van der Waals surface area contributed by atoms with Crippen molar-refractivity contribution in [2.75, 3.05) is 13.2 Å². The molecule has 0 aliphatic rings. The molecular formula is C28H31ClN2O3. The summed E-state index contributed by atoms with van der Waals surface area (Å²) in [6.45, 7) is 2.66. The lowest BCUT2D eigenvalue weighted by atomic mass is 10.0. The minimum absolute atomic E-state index is 0.179. The molecule has 0 fully saturated rings. The Labute approximate surface area is 206 Å². The van der Waals surface area contributed by atoms with Crippen molar-refractivity contribution in [3.63, 3.8) is 0 Å². The molecule has 3 aromatic rings. The summed E-state index contributed by atoms with van der Waals surface area (Å²) in [7, 11) is 0. The highest BCUT2D eigenvalue weighted by Crippen LogP contribution is 2.21. The van der Waals surface area contributed by atoms with Gasteiger partial charge in [-0.25, -0.2) is 0 Å². The Hall–Kier alpha value is -3.31. The predicted octanol–water partition coefficient (Wildman–Crippen LogP) is 5.28. The van der Waals surface area contributed by atoms with E-state index in [4.69, 9.17) is 16.3 Å². The van der Waals surface area contributed by atoms with E-state index in [1.165, 1.54) is 0 Å². The molecule has 0 aliphatic carbocycles. The number of nitrogens with one attached hydrogen (secondary N) is 1. The summed E-state index contributed by atoms with van der Waals surface area (Å²) in [5, 5.41) is 3.56. The zero-order chi connectivity index (χ0) is 24.2. The SMILES string of the molecule is CCCCNC(=O)C(Cc1ccccc1)N(Cc1ccccc1Cl)C(=O)COc1ccccc1. The Kier molecular flexibility index (Phi) is 9.98. The van der Waals surface area contributed by atoms with Gasteiger partial charge in [0.25, 0.3) is 5.91 Å². The van der Waals surface area contributed by atoms with Gasteiger partial charge in [0.2, 0.25) is 5.91 Å². The van der Waals surface area contributed by atoms with E-state index >= 15 is 0 Å². The molecule has 0 bridgehead atoms. The van der Waals surface area contributed by atoms with Gasteiger partial charge in [-0.15, -0.1) is 0 Å². The molecular weight excluding hydrogens is 448 g/mol. The lowest BCUT2D eigenvalue weighted by Crippen LogP contribution is -2.51. The van der Waals surface area contributed by atoms with Crippen molar-refractivity contribution in [1.82, 2.24) is 10.2 Å². The van der Waals surface area contributed by atoms with Crippen molar-refractivity contribution in [1.29, 1.82) is 0 Å². The predicted molar refractivity (Wildman–Crippen MR) is 136 cm³/mol. The van der Waals surface area contributed by atoms with Crippen LogP contribution in [-0.2, 0) is 22.6 Å². The van der Waals surface area contributed by atoms with Gasteiger partial charge in [0, 0.05) is 24.5 Å². The van der Waals surface area contributed by atoms with Crippen LogP contribution in [0.25, 0.3) is 0 Å². The number of para-hydroxylation sites is 1. The normalized spacial score (nSPS) is 11.5. The fourth-order valence-corrected chi connectivity index (χ4v) is 3.81. The second-order valence-corrected chi connectivity index (χ2v) is 8.47. The Morgan fingerprint density at radius 3 is 2.26 bits per heavy atom. The molecule has 3 rings (SSSR count). The van der Waals surface area contributed by atoms with Crippen LogP contribution in [0, 0.1) is 0 Å². The van der Waals surface area contributed by atoms with E-state index in [2.05, 4.69) is 12.2 Å². The zero-order valence-electron chi connectivity index (χ0n) is 19.5. The monoisotopic (exact) mass is 478 g/mol. The third-order valence-electron chi connectivity index (χ3n) is 5.50. The summed E-state index contributed by atoms with van der Waals surface area (Å²) < 4.78 is 5.74. The van der Waals surface area contributed by atoms with Gasteiger partial charge in [-0.05, 0) is 35.7 Å².